The van der Waals surface area contributed by atoms with Crippen LogP contribution in [0.15, 0.2) is 36.4 Å². The molecule has 0 aromatic heterocycles. The SMILES string of the molecule is BrCCCCCCCBr.COc1ccc2c(c1)N(C(=O)OC(C)(C)C)[C@@H](OC1CCCCO1)[C@@H]1C(OCCCCCCCOC3CCN4C(=O)c5ccc(OC)cc5N(C(=O)OC(C)(C)C)[C@@H](OC5CCCCO5)[C@H]34)CCN1C2=O. The number of carbonyl (C=O) groups is 4. The van der Waals surface area contributed by atoms with E-state index in [2.05, 4.69) is 31.9 Å². The van der Waals surface area contributed by atoms with Crippen molar-refractivity contribution in [3.63, 3.8) is 0 Å². The number of hydrogen-bond donors (Lipinski definition) is 0. The molecule has 4 saturated heterocycles. The van der Waals surface area contributed by atoms with Gasteiger partial charge in [-0.1, -0.05) is 70.4 Å². The molecule has 0 bridgehead atoms. The van der Waals surface area contributed by atoms with Gasteiger partial charge >= 0.3 is 12.2 Å². The first kappa shape index (κ1) is 63.8. The fourth-order valence-electron chi connectivity index (χ4n) is 11.2. The van der Waals surface area contributed by atoms with Gasteiger partial charge in [0.25, 0.3) is 11.8 Å². The first-order chi connectivity index (χ1) is 38.5. The van der Waals surface area contributed by atoms with Crippen molar-refractivity contribution in [1.82, 2.24) is 9.80 Å². The van der Waals surface area contributed by atoms with E-state index in [1.165, 1.54) is 52.6 Å². The van der Waals surface area contributed by atoms with Gasteiger partial charge < -0.3 is 57.2 Å². The van der Waals surface area contributed by atoms with Crippen LogP contribution in [0, 0.1) is 0 Å². The van der Waals surface area contributed by atoms with Gasteiger partial charge in [0.2, 0.25) is 0 Å². The number of rotatable bonds is 22. The Kier molecular flexibility index (Phi) is 24.5. The van der Waals surface area contributed by atoms with Gasteiger partial charge in [-0.2, -0.15) is 0 Å². The van der Waals surface area contributed by atoms with Crippen molar-refractivity contribution in [3.05, 3.63) is 47.5 Å². The topological polar surface area (TPSA) is 174 Å². The molecule has 20 heteroatoms. The van der Waals surface area contributed by atoms with Crippen molar-refractivity contribution in [1.29, 1.82) is 0 Å². The molecule has 6 aliphatic heterocycles. The molecule has 4 amide bonds. The lowest BCUT2D eigenvalue weighted by atomic mass is 10.1. The molecule has 6 aliphatic rings. The smallest absolute Gasteiger partial charge is 0.417 e. The number of ether oxygens (including phenoxy) is 10. The Morgan fingerprint density at radius 1 is 0.550 bits per heavy atom. The van der Waals surface area contributed by atoms with Gasteiger partial charge in [0.15, 0.2) is 25.0 Å². The highest BCUT2D eigenvalue weighted by molar-refractivity contribution is 9.09. The Bertz CT molecular complexity index is 2150. The van der Waals surface area contributed by atoms with Crippen LogP contribution >= 0.6 is 31.9 Å². The van der Waals surface area contributed by atoms with Gasteiger partial charge in [0, 0.05) is 62.3 Å². The van der Waals surface area contributed by atoms with Crippen LogP contribution in [0.2, 0.25) is 0 Å². The second-order valence-corrected chi connectivity index (χ2v) is 25.0. The molecule has 2 aromatic rings. The molecule has 0 aliphatic carbocycles. The zero-order chi connectivity index (χ0) is 57.4. The van der Waals surface area contributed by atoms with E-state index in [1.54, 1.807) is 60.4 Å². The summed E-state index contributed by atoms with van der Waals surface area (Å²) < 4.78 is 62.0. The number of carbonyl (C=O) groups excluding carboxylic acids is 4. The van der Waals surface area contributed by atoms with E-state index in [9.17, 15) is 19.2 Å². The van der Waals surface area contributed by atoms with E-state index < -0.39 is 72.7 Å². The minimum Gasteiger partial charge on any atom is -0.497 e. The standard InChI is InChI=1S/C53H76N4O14.C7H14Br2/c1-52(2,3)70-50(60)56-38-32-34(62-7)20-22-36(38)46(58)54-26-24-40(44(54)48(56)68-42-18-12-16-30-66-42)64-28-14-10-9-11-15-29-65-41-25-27-55-45(41)49(69-43-19-13-17-31-67-43)57(51(61)71-53(4,5)6)39-33-35(63-8)21-23-37(39)47(55)59;8-6-4-2-1-3-5-7-9/h20-23,32-33,40-45,48-49H,9-19,24-31H2,1-8H3;1-7H2/t40?,41?,42?,43?,44-,45-,48-,49-;/m0./s1. The van der Waals surface area contributed by atoms with Crippen LogP contribution in [0.5, 0.6) is 11.5 Å². The second kappa shape index (κ2) is 30.7. The maximum atomic E-state index is 14.4. The first-order valence-electron chi connectivity index (χ1n) is 29.4. The lowest BCUT2D eigenvalue weighted by molar-refractivity contribution is -0.202. The molecular formula is C60H90Br2N4O14. The molecule has 0 saturated carbocycles. The molecule has 448 valence electrons. The van der Waals surface area contributed by atoms with E-state index in [0.29, 0.717) is 99.2 Å². The second-order valence-electron chi connectivity index (χ2n) is 23.4. The first-order valence-corrected chi connectivity index (χ1v) is 31.6. The number of hydrogen-bond acceptors (Lipinski definition) is 14. The van der Waals surface area contributed by atoms with Crippen LogP contribution < -0.4 is 19.3 Å². The summed E-state index contributed by atoms with van der Waals surface area (Å²) in [4.78, 5) is 63.9. The van der Waals surface area contributed by atoms with Crippen molar-refractivity contribution in [3.8, 4) is 11.5 Å². The number of halogens is 2. The predicted molar refractivity (Wildman–Crippen MR) is 312 cm³/mol. The summed E-state index contributed by atoms with van der Waals surface area (Å²) in [5.41, 5.74) is -0.229. The molecule has 2 aromatic carbocycles. The molecule has 80 heavy (non-hydrogen) atoms. The highest BCUT2D eigenvalue weighted by atomic mass is 79.9. The van der Waals surface area contributed by atoms with Crippen molar-refractivity contribution in [2.24, 2.45) is 0 Å². The van der Waals surface area contributed by atoms with Crippen molar-refractivity contribution in [2.75, 3.05) is 74.2 Å². The molecule has 6 heterocycles. The number of nitrogens with zero attached hydrogens (tertiary/aromatic N) is 4. The lowest BCUT2D eigenvalue weighted by Crippen LogP contribution is -2.58. The monoisotopic (exact) mass is 1250 g/mol. The fraction of sp³-hybridized carbons (Fsp3) is 0.733. The van der Waals surface area contributed by atoms with Crippen molar-refractivity contribution in [2.45, 2.75) is 218 Å². The molecule has 4 unspecified atom stereocenters. The summed E-state index contributed by atoms with van der Waals surface area (Å²) in [7, 11) is 3.09. The number of alkyl halides is 2. The Labute approximate surface area is 492 Å². The largest absolute Gasteiger partial charge is 0.497 e. The molecule has 0 radical (unpaired) electrons. The maximum Gasteiger partial charge on any atom is 0.417 e. The molecule has 8 rings (SSSR count). The van der Waals surface area contributed by atoms with Crippen molar-refractivity contribution >= 4 is 67.2 Å². The number of unbranched alkanes of at least 4 members (excludes halogenated alkanes) is 8. The Hall–Kier alpha value is -3.76. The minimum atomic E-state index is -0.956. The number of methoxy groups -OCH3 is 2. The number of anilines is 2. The summed E-state index contributed by atoms with van der Waals surface area (Å²) in [6.07, 6.45) is 12.1. The zero-order valence-electron chi connectivity index (χ0n) is 48.7. The Morgan fingerprint density at radius 3 is 1.29 bits per heavy atom. The molecule has 8 atom stereocenters. The summed E-state index contributed by atoms with van der Waals surface area (Å²) in [6, 6.07) is 8.96. The minimum absolute atomic E-state index is 0.214. The number of fused-ring (bicyclic) bond motifs is 4. The fourth-order valence-corrected chi connectivity index (χ4v) is 12.0. The summed E-state index contributed by atoms with van der Waals surface area (Å²) in [5, 5.41) is 2.34. The van der Waals surface area contributed by atoms with E-state index in [4.69, 9.17) is 47.4 Å². The number of benzene rings is 2. The van der Waals surface area contributed by atoms with Gasteiger partial charge in [-0.05, 0) is 143 Å². The van der Waals surface area contributed by atoms with E-state index in [0.717, 1.165) is 57.8 Å². The van der Waals surface area contributed by atoms with Crippen LogP contribution in [0.4, 0.5) is 21.0 Å². The molecule has 0 spiro atoms. The Balaban J connectivity index is 0.000000944. The lowest BCUT2D eigenvalue weighted by Gasteiger charge is -2.40. The van der Waals surface area contributed by atoms with Crippen molar-refractivity contribution < 1.29 is 66.5 Å². The van der Waals surface area contributed by atoms with E-state index in [-0.39, 0.29) is 11.8 Å². The summed E-state index contributed by atoms with van der Waals surface area (Å²) in [5.74, 6) is 0.551. The van der Waals surface area contributed by atoms with Gasteiger partial charge in [0.05, 0.1) is 48.9 Å². The summed E-state index contributed by atoms with van der Waals surface area (Å²) >= 11 is 6.82. The van der Waals surface area contributed by atoms with Gasteiger partial charge in [0.1, 0.15) is 34.8 Å². The maximum absolute atomic E-state index is 14.4. The molecule has 18 nitrogen and oxygen atoms in total. The van der Waals surface area contributed by atoms with E-state index in [1.807, 2.05) is 41.5 Å². The quantitative estimate of drug-likeness (QED) is 0.0804. The molecule has 4 fully saturated rings. The Morgan fingerprint density at radius 2 is 0.938 bits per heavy atom. The highest BCUT2D eigenvalue weighted by Crippen LogP contribution is 2.43. The van der Waals surface area contributed by atoms with E-state index >= 15 is 0 Å². The van der Waals surface area contributed by atoms with Crippen LogP contribution in [0.25, 0.3) is 0 Å². The van der Waals surface area contributed by atoms with Crippen LogP contribution in [-0.2, 0) is 37.9 Å². The molecule has 0 N–H and O–H groups in total. The zero-order valence-corrected chi connectivity index (χ0v) is 51.9. The van der Waals surface area contributed by atoms with Crippen LogP contribution in [0.3, 0.4) is 0 Å². The van der Waals surface area contributed by atoms with Crippen LogP contribution in [0.1, 0.15) is 178 Å². The average Bonchev–Trinajstić information content (AvgIpc) is 4.03. The number of amides is 4. The van der Waals surface area contributed by atoms with Crippen LogP contribution in [-0.4, -0.2) is 159 Å². The van der Waals surface area contributed by atoms with Gasteiger partial charge in [-0.15, -0.1) is 0 Å². The third kappa shape index (κ3) is 17.2. The predicted octanol–water partition coefficient (Wildman–Crippen LogP) is 12.5. The van der Waals surface area contributed by atoms with Gasteiger partial charge in [-0.3, -0.25) is 9.59 Å². The summed E-state index contributed by atoms with van der Waals surface area (Å²) in [6.45, 7) is 13.7. The normalized spacial score (nSPS) is 24.9. The average molecular weight is 1250 g/mol. The third-order valence-corrected chi connectivity index (χ3v) is 16.2. The van der Waals surface area contributed by atoms with Gasteiger partial charge in [-0.25, -0.2) is 19.4 Å². The highest BCUT2D eigenvalue weighted by Gasteiger charge is 2.54. The third-order valence-electron chi connectivity index (χ3n) is 15.1. The molecular weight excluding hydrogens is 1160 g/mol.